The molecule has 1 heterocycles. The molecule has 1 amide bonds. The first kappa shape index (κ1) is 15.5. The second kappa shape index (κ2) is 7.22. The van der Waals surface area contributed by atoms with Crippen molar-refractivity contribution in [2.75, 3.05) is 26.2 Å². The van der Waals surface area contributed by atoms with Gasteiger partial charge in [-0.1, -0.05) is 37.3 Å². The predicted octanol–water partition coefficient (Wildman–Crippen LogP) is 1.31. The van der Waals surface area contributed by atoms with E-state index in [9.17, 15) is 9.59 Å². The number of nitrogens with zero attached hydrogens (tertiary/aromatic N) is 1. The molecular formula is C16H22N2O3. The molecule has 21 heavy (non-hydrogen) atoms. The van der Waals surface area contributed by atoms with Crippen LogP contribution in [0.4, 0.5) is 0 Å². The van der Waals surface area contributed by atoms with Gasteiger partial charge in [-0.3, -0.25) is 14.5 Å². The number of likely N-dealkylation sites (tertiary alicyclic amines) is 1. The zero-order valence-corrected chi connectivity index (χ0v) is 12.3. The highest BCUT2D eigenvalue weighted by molar-refractivity contribution is 5.82. The van der Waals surface area contributed by atoms with Crippen molar-refractivity contribution in [3.05, 3.63) is 35.9 Å². The van der Waals surface area contributed by atoms with Crippen LogP contribution in [0.3, 0.4) is 0 Å². The molecule has 5 heteroatoms. The SMILES string of the molecule is CC1CN(CC(=O)NCC(=O)O)CCC1c1ccccc1. The van der Waals surface area contributed by atoms with Crippen molar-refractivity contribution < 1.29 is 14.7 Å². The summed E-state index contributed by atoms with van der Waals surface area (Å²) in [6.45, 7) is 3.90. The molecule has 0 bridgehead atoms. The number of rotatable bonds is 5. The van der Waals surface area contributed by atoms with Gasteiger partial charge in [0.15, 0.2) is 0 Å². The highest BCUT2D eigenvalue weighted by atomic mass is 16.4. The topological polar surface area (TPSA) is 69.6 Å². The number of carbonyl (C=O) groups excluding carboxylic acids is 1. The number of carboxylic acid groups (broad SMARTS) is 1. The first-order valence-corrected chi connectivity index (χ1v) is 7.32. The van der Waals surface area contributed by atoms with Crippen LogP contribution in [-0.4, -0.2) is 48.1 Å². The molecule has 1 aliphatic rings. The number of hydrogen-bond donors (Lipinski definition) is 2. The minimum atomic E-state index is -1.01. The van der Waals surface area contributed by atoms with Crippen molar-refractivity contribution in [3.8, 4) is 0 Å². The summed E-state index contributed by atoms with van der Waals surface area (Å²) in [6, 6.07) is 10.5. The molecule has 0 aromatic heterocycles. The lowest BCUT2D eigenvalue weighted by atomic mass is 9.81. The normalized spacial score (nSPS) is 22.7. The van der Waals surface area contributed by atoms with E-state index in [1.54, 1.807) is 0 Å². The summed E-state index contributed by atoms with van der Waals surface area (Å²) in [5.74, 6) is -0.222. The van der Waals surface area contributed by atoms with Crippen molar-refractivity contribution in [1.82, 2.24) is 10.2 Å². The summed E-state index contributed by atoms with van der Waals surface area (Å²) in [7, 11) is 0. The van der Waals surface area contributed by atoms with Crippen LogP contribution >= 0.6 is 0 Å². The quantitative estimate of drug-likeness (QED) is 0.858. The monoisotopic (exact) mass is 290 g/mol. The van der Waals surface area contributed by atoms with Crippen LogP contribution in [0, 0.1) is 5.92 Å². The van der Waals surface area contributed by atoms with Gasteiger partial charge in [-0.15, -0.1) is 0 Å². The number of benzene rings is 1. The van der Waals surface area contributed by atoms with Gasteiger partial charge in [-0.25, -0.2) is 0 Å². The molecule has 0 radical (unpaired) electrons. The molecule has 0 saturated carbocycles. The van der Waals surface area contributed by atoms with Gasteiger partial charge in [0, 0.05) is 6.54 Å². The van der Waals surface area contributed by atoms with Gasteiger partial charge in [0.1, 0.15) is 6.54 Å². The molecular weight excluding hydrogens is 268 g/mol. The Hall–Kier alpha value is -1.88. The Morgan fingerprint density at radius 2 is 2.05 bits per heavy atom. The number of carboxylic acids is 1. The third-order valence-corrected chi connectivity index (χ3v) is 4.02. The zero-order chi connectivity index (χ0) is 15.2. The lowest BCUT2D eigenvalue weighted by molar-refractivity contribution is -0.138. The lowest BCUT2D eigenvalue weighted by Crippen LogP contribution is -2.44. The first-order chi connectivity index (χ1) is 10.1. The fourth-order valence-corrected chi connectivity index (χ4v) is 3.00. The largest absolute Gasteiger partial charge is 0.480 e. The lowest BCUT2D eigenvalue weighted by Gasteiger charge is -2.36. The van der Waals surface area contributed by atoms with E-state index in [1.807, 2.05) is 6.07 Å². The van der Waals surface area contributed by atoms with Crippen molar-refractivity contribution in [2.45, 2.75) is 19.3 Å². The third kappa shape index (κ3) is 4.56. The number of nitrogens with one attached hydrogen (secondary N) is 1. The fraction of sp³-hybridized carbons (Fsp3) is 0.500. The summed E-state index contributed by atoms with van der Waals surface area (Å²) >= 11 is 0. The Bertz CT molecular complexity index is 490. The van der Waals surface area contributed by atoms with Gasteiger partial charge in [0.25, 0.3) is 0 Å². The van der Waals surface area contributed by atoms with Crippen molar-refractivity contribution >= 4 is 11.9 Å². The maximum absolute atomic E-state index is 11.7. The van der Waals surface area contributed by atoms with Crippen LogP contribution in [0.2, 0.25) is 0 Å². The summed E-state index contributed by atoms with van der Waals surface area (Å²) in [5, 5.41) is 10.9. The molecule has 2 rings (SSSR count). The Kier molecular flexibility index (Phi) is 5.33. The van der Waals surface area contributed by atoms with Crippen LogP contribution in [0.1, 0.15) is 24.8 Å². The Morgan fingerprint density at radius 3 is 2.67 bits per heavy atom. The van der Waals surface area contributed by atoms with Crippen molar-refractivity contribution in [3.63, 3.8) is 0 Å². The summed E-state index contributed by atoms with van der Waals surface area (Å²) in [5.41, 5.74) is 1.36. The zero-order valence-electron chi connectivity index (χ0n) is 12.3. The van der Waals surface area contributed by atoms with Gasteiger partial charge >= 0.3 is 5.97 Å². The predicted molar refractivity (Wildman–Crippen MR) is 80.0 cm³/mol. The minimum absolute atomic E-state index is 0.220. The molecule has 5 nitrogen and oxygen atoms in total. The summed E-state index contributed by atoms with van der Waals surface area (Å²) < 4.78 is 0. The number of hydrogen-bond acceptors (Lipinski definition) is 3. The van der Waals surface area contributed by atoms with Crippen LogP contribution in [0.25, 0.3) is 0 Å². The van der Waals surface area contributed by atoms with E-state index < -0.39 is 5.97 Å². The second-order valence-corrected chi connectivity index (χ2v) is 5.69. The van der Waals surface area contributed by atoms with Crippen LogP contribution in [0.5, 0.6) is 0 Å². The molecule has 1 fully saturated rings. The van der Waals surface area contributed by atoms with E-state index in [0.29, 0.717) is 11.8 Å². The Morgan fingerprint density at radius 1 is 1.33 bits per heavy atom. The van der Waals surface area contributed by atoms with E-state index in [4.69, 9.17) is 5.11 Å². The first-order valence-electron chi connectivity index (χ1n) is 7.32. The molecule has 1 aromatic rings. The van der Waals surface area contributed by atoms with Gasteiger partial charge < -0.3 is 10.4 Å². The minimum Gasteiger partial charge on any atom is -0.480 e. The molecule has 2 unspecified atom stereocenters. The standard InChI is InChI=1S/C16H22N2O3/c1-12-10-18(11-15(19)17-9-16(20)21)8-7-14(12)13-5-3-2-4-6-13/h2-6,12,14H,7-11H2,1H3,(H,17,19)(H,20,21). The molecule has 1 aliphatic heterocycles. The highest BCUT2D eigenvalue weighted by Crippen LogP contribution is 2.32. The molecule has 114 valence electrons. The van der Waals surface area contributed by atoms with Crippen LogP contribution < -0.4 is 5.32 Å². The van der Waals surface area contributed by atoms with E-state index in [1.165, 1.54) is 5.56 Å². The number of amides is 1. The van der Waals surface area contributed by atoms with Crippen LogP contribution in [-0.2, 0) is 9.59 Å². The fourth-order valence-electron chi connectivity index (χ4n) is 3.00. The Labute approximate surface area is 125 Å². The number of carbonyl (C=O) groups is 2. The molecule has 1 aromatic carbocycles. The maximum atomic E-state index is 11.7. The van der Waals surface area contributed by atoms with Crippen LogP contribution in [0.15, 0.2) is 30.3 Å². The van der Waals surface area contributed by atoms with Gasteiger partial charge in [0.05, 0.1) is 6.54 Å². The average Bonchev–Trinajstić information content (AvgIpc) is 2.46. The summed E-state index contributed by atoms with van der Waals surface area (Å²) in [4.78, 5) is 24.2. The number of piperidine rings is 1. The van der Waals surface area contributed by atoms with E-state index in [-0.39, 0.29) is 19.0 Å². The van der Waals surface area contributed by atoms with Gasteiger partial charge in [-0.05, 0) is 30.4 Å². The molecule has 0 aliphatic carbocycles. The number of aliphatic carboxylic acids is 1. The summed E-state index contributed by atoms with van der Waals surface area (Å²) in [6.07, 6.45) is 1.03. The maximum Gasteiger partial charge on any atom is 0.322 e. The van der Waals surface area contributed by atoms with E-state index >= 15 is 0 Å². The van der Waals surface area contributed by atoms with Gasteiger partial charge in [0.2, 0.25) is 5.91 Å². The smallest absolute Gasteiger partial charge is 0.322 e. The average molecular weight is 290 g/mol. The van der Waals surface area contributed by atoms with Crippen molar-refractivity contribution in [2.24, 2.45) is 5.92 Å². The molecule has 1 saturated heterocycles. The second-order valence-electron chi connectivity index (χ2n) is 5.69. The molecule has 0 spiro atoms. The van der Waals surface area contributed by atoms with E-state index in [0.717, 1.165) is 19.5 Å². The highest BCUT2D eigenvalue weighted by Gasteiger charge is 2.27. The van der Waals surface area contributed by atoms with Gasteiger partial charge in [-0.2, -0.15) is 0 Å². The molecule has 2 N–H and O–H groups in total. The Balaban J connectivity index is 1.83. The van der Waals surface area contributed by atoms with Crippen molar-refractivity contribution in [1.29, 1.82) is 0 Å². The third-order valence-electron chi connectivity index (χ3n) is 4.02. The molecule has 2 atom stereocenters. The van der Waals surface area contributed by atoms with E-state index in [2.05, 4.69) is 41.4 Å².